The van der Waals surface area contributed by atoms with Gasteiger partial charge in [0.15, 0.2) is 0 Å². The average molecular weight is 379 g/mol. The second kappa shape index (κ2) is 8.00. The average Bonchev–Trinajstić information content (AvgIpc) is 2.78. The van der Waals surface area contributed by atoms with E-state index < -0.39 is 5.60 Å². The number of aliphatic hydroxyl groups is 1. The Hall–Kier alpha value is -1.64. The van der Waals surface area contributed by atoms with Gasteiger partial charge in [0, 0.05) is 24.7 Å². The molecule has 1 N–H and O–H groups in total. The first-order chi connectivity index (χ1) is 13.6. The molecule has 0 spiro atoms. The maximum Gasteiger partial charge on any atom is 0.121 e. The van der Waals surface area contributed by atoms with Crippen LogP contribution in [0.3, 0.4) is 0 Å². The quantitative estimate of drug-likeness (QED) is 0.475. The third kappa shape index (κ3) is 3.31. The Bertz CT molecular complexity index is 690. The molecule has 2 aromatic rings. The van der Waals surface area contributed by atoms with Gasteiger partial charge in [0.25, 0.3) is 0 Å². The molecule has 2 nitrogen and oxygen atoms in total. The van der Waals surface area contributed by atoms with Crippen molar-refractivity contribution in [1.82, 2.24) is 0 Å². The van der Waals surface area contributed by atoms with E-state index in [1.807, 2.05) is 12.1 Å². The molecule has 0 atom stereocenters. The van der Waals surface area contributed by atoms with Crippen molar-refractivity contribution in [2.45, 2.75) is 57.5 Å². The zero-order valence-electron chi connectivity index (χ0n) is 17.4. The molecule has 0 unspecified atom stereocenters. The van der Waals surface area contributed by atoms with E-state index in [1.54, 1.807) is 0 Å². The predicted octanol–water partition coefficient (Wildman–Crippen LogP) is 5.50. The van der Waals surface area contributed by atoms with Crippen LogP contribution in [0.15, 0.2) is 60.7 Å². The van der Waals surface area contributed by atoms with Crippen LogP contribution in [0.25, 0.3) is 0 Å². The van der Waals surface area contributed by atoms with E-state index in [2.05, 4.69) is 55.5 Å². The largest absolute Gasteiger partial charge is 0.380 e. The number of fused-ring (bicyclic) bond motifs is 3. The molecule has 0 saturated carbocycles. The molecule has 3 aliphatic heterocycles. The molecule has 2 bridgehead atoms. The van der Waals surface area contributed by atoms with Crippen molar-refractivity contribution in [2.24, 2.45) is 5.41 Å². The van der Waals surface area contributed by atoms with Crippen LogP contribution >= 0.6 is 0 Å². The maximum absolute atomic E-state index is 12.4. The summed E-state index contributed by atoms with van der Waals surface area (Å²) in [5, 5.41) is 12.4. The van der Waals surface area contributed by atoms with Gasteiger partial charge in [-0.2, -0.15) is 0 Å². The molecule has 5 rings (SSSR count). The Balaban J connectivity index is 1.61. The minimum Gasteiger partial charge on any atom is -0.380 e. The SMILES string of the molecule is CCCCCC[N+]12CCC(C(O)(c3ccccc3)c3ccccc3)(CC1)CC2. The van der Waals surface area contributed by atoms with Gasteiger partial charge in [0.2, 0.25) is 0 Å². The van der Waals surface area contributed by atoms with Gasteiger partial charge in [-0.3, -0.25) is 0 Å². The van der Waals surface area contributed by atoms with E-state index in [0.29, 0.717) is 0 Å². The van der Waals surface area contributed by atoms with Gasteiger partial charge in [-0.25, -0.2) is 0 Å². The Morgan fingerprint density at radius 2 is 1.29 bits per heavy atom. The van der Waals surface area contributed by atoms with Crippen LogP contribution in [0, 0.1) is 5.41 Å². The summed E-state index contributed by atoms with van der Waals surface area (Å²) in [6, 6.07) is 20.9. The van der Waals surface area contributed by atoms with Gasteiger partial charge < -0.3 is 9.59 Å². The first-order valence-electron chi connectivity index (χ1n) is 11.3. The number of piperidine rings is 3. The predicted molar refractivity (Wildman–Crippen MR) is 116 cm³/mol. The molecule has 2 heteroatoms. The lowest BCUT2D eigenvalue weighted by atomic mass is 9.56. The molecular formula is C26H36NO+. The fourth-order valence-electron chi connectivity index (χ4n) is 5.95. The molecule has 0 radical (unpaired) electrons. The number of rotatable bonds is 8. The van der Waals surface area contributed by atoms with Crippen LogP contribution in [0.4, 0.5) is 0 Å². The third-order valence-electron chi connectivity index (χ3n) is 7.83. The van der Waals surface area contributed by atoms with E-state index in [1.165, 1.54) is 56.3 Å². The van der Waals surface area contributed by atoms with Crippen LogP contribution in [-0.2, 0) is 5.60 Å². The van der Waals surface area contributed by atoms with Crippen molar-refractivity contribution in [3.05, 3.63) is 71.8 Å². The molecule has 3 saturated heterocycles. The van der Waals surface area contributed by atoms with E-state index in [4.69, 9.17) is 0 Å². The minimum absolute atomic E-state index is 0.0425. The van der Waals surface area contributed by atoms with Gasteiger partial charge in [0.05, 0.1) is 26.2 Å². The van der Waals surface area contributed by atoms with Crippen LogP contribution in [-0.4, -0.2) is 35.8 Å². The fraction of sp³-hybridized carbons (Fsp3) is 0.538. The summed E-state index contributed by atoms with van der Waals surface area (Å²) in [6.07, 6.45) is 8.79. The van der Waals surface area contributed by atoms with Crippen LogP contribution in [0.5, 0.6) is 0 Å². The topological polar surface area (TPSA) is 20.2 Å². The van der Waals surface area contributed by atoms with Crippen LogP contribution in [0.2, 0.25) is 0 Å². The molecule has 0 amide bonds. The lowest BCUT2D eigenvalue weighted by Crippen LogP contribution is -2.66. The number of unbranched alkanes of at least 4 members (excludes halogenated alkanes) is 3. The molecular weight excluding hydrogens is 342 g/mol. The van der Waals surface area contributed by atoms with Gasteiger partial charge in [-0.05, 0) is 24.0 Å². The number of benzene rings is 2. The Labute approximate surface area is 170 Å². The van der Waals surface area contributed by atoms with E-state index in [9.17, 15) is 5.11 Å². The van der Waals surface area contributed by atoms with Crippen molar-refractivity contribution in [1.29, 1.82) is 0 Å². The molecule has 150 valence electrons. The molecule has 0 aromatic heterocycles. The lowest BCUT2D eigenvalue weighted by Gasteiger charge is -2.60. The summed E-state index contributed by atoms with van der Waals surface area (Å²) >= 11 is 0. The lowest BCUT2D eigenvalue weighted by molar-refractivity contribution is -0.946. The fourth-order valence-corrected chi connectivity index (χ4v) is 5.95. The second-order valence-corrected chi connectivity index (χ2v) is 9.27. The van der Waals surface area contributed by atoms with Gasteiger partial charge in [-0.15, -0.1) is 0 Å². The summed E-state index contributed by atoms with van der Waals surface area (Å²) in [5.41, 5.74) is 1.19. The van der Waals surface area contributed by atoms with Crippen molar-refractivity contribution in [3.63, 3.8) is 0 Å². The van der Waals surface area contributed by atoms with Crippen molar-refractivity contribution >= 4 is 0 Å². The monoisotopic (exact) mass is 378 g/mol. The standard InChI is InChI=1S/C26H36NO/c1-2-3-4-11-19-27-20-16-25(17-21-27,18-22-27)26(28,23-12-7-5-8-13-23)24-14-9-6-10-15-24/h5-10,12-15,28H,2-4,11,16-22H2,1H3/q+1. The molecule has 3 aliphatic rings. The highest BCUT2D eigenvalue weighted by atomic mass is 16.3. The second-order valence-electron chi connectivity index (χ2n) is 9.27. The normalized spacial score (nSPS) is 27.1. The Kier molecular flexibility index (Phi) is 5.62. The zero-order valence-corrected chi connectivity index (χ0v) is 17.4. The first-order valence-corrected chi connectivity index (χ1v) is 11.3. The Morgan fingerprint density at radius 1 is 0.786 bits per heavy atom. The third-order valence-corrected chi connectivity index (χ3v) is 7.83. The highest BCUT2D eigenvalue weighted by Crippen LogP contribution is 2.57. The summed E-state index contributed by atoms with van der Waals surface area (Å²) in [5.74, 6) is 0. The Morgan fingerprint density at radius 3 is 1.75 bits per heavy atom. The summed E-state index contributed by atoms with van der Waals surface area (Å²) in [4.78, 5) is 0. The maximum atomic E-state index is 12.4. The highest BCUT2D eigenvalue weighted by molar-refractivity contribution is 5.39. The van der Waals surface area contributed by atoms with Crippen molar-refractivity contribution in [3.8, 4) is 0 Å². The summed E-state index contributed by atoms with van der Waals surface area (Å²) in [7, 11) is 0. The molecule has 28 heavy (non-hydrogen) atoms. The van der Waals surface area contributed by atoms with Crippen LogP contribution < -0.4 is 0 Å². The van der Waals surface area contributed by atoms with Crippen LogP contribution in [0.1, 0.15) is 63.0 Å². The van der Waals surface area contributed by atoms with Gasteiger partial charge in [-0.1, -0.05) is 80.4 Å². The summed E-state index contributed by atoms with van der Waals surface area (Å²) < 4.78 is 1.30. The zero-order chi connectivity index (χ0) is 19.5. The van der Waals surface area contributed by atoms with E-state index in [-0.39, 0.29) is 5.41 Å². The number of nitrogens with zero attached hydrogens (tertiary/aromatic N) is 1. The smallest absolute Gasteiger partial charge is 0.121 e. The minimum atomic E-state index is -0.895. The van der Waals surface area contributed by atoms with Gasteiger partial charge >= 0.3 is 0 Å². The number of quaternary nitrogens is 1. The highest BCUT2D eigenvalue weighted by Gasteiger charge is 2.60. The molecule has 2 aromatic carbocycles. The van der Waals surface area contributed by atoms with E-state index in [0.717, 1.165) is 30.4 Å². The molecule has 3 fully saturated rings. The first kappa shape index (κ1) is 19.7. The van der Waals surface area contributed by atoms with Crippen molar-refractivity contribution < 1.29 is 9.59 Å². The molecule has 0 aliphatic carbocycles. The summed E-state index contributed by atoms with van der Waals surface area (Å²) in [6.45, 7) is 7.32. The number of hydrogen-bond acceptors (Lipinski definition) is 1. The van der Waals surface area contributed by atoms with E-state index >= 15 is 0 Å². The van der Waals surface area contributed by atoms with Gasteiger partial charge in [0.1, 0.15) is 5.60 Å². The molecule has 3 heterocycles. The van der Waals surface area contributed by atoms with Crippen molar-refractivity contribution in [2.75, 3.05) is 26.2 Å². The number of hydrogen-bond donors (Lipinski definition) is 1.